The van der Waals surface area contributed by atoms with Crippen molar-refractivity contribution in [1.29, 1.82) is 0 Å². The van der Waals surface area contributed by atoms with Crippen LogP contribution in [0.25, 0.3) is 0 Å². The quantitative estimate of drug-likeness (QED) is 0.810. The topological polar surface area (TPSA) is 74.6 Å². The fraction of sp³-hybridized carbons (Fsp3) is 0.500. The van der Waals surface area contributed by atoms with Gasteiger partial charge < -0.3 is 10.2 Å². The van der Waals surface area contributed by atoms with E-state index in [0.717, 1.165) is 25.7 Å². The first-order chi connectivity index (χ1) is 9.58. The summed E-state index contributed by atoms with van der Waals surface area (Å²) in [5.74, 6) is -2.95. The predicted octanol–water partition coefficient (Wildman–Crippen LogP) is 3.14. The molecule has 108 valence electrons. The van der Waals surface area contributed by atoms with Gasteiger partial charge >= 0.3 is 11.9 Å². The second-order valence-corrected chi connectivity index (χ2v) is 5.59. The Balaban J connectivity index is 1.88. The van der Waals surface area contributed by atoms with Crippen LogP contribution in [0.15, 0.2) is 30.3 Å². The molecule has 0 heterocycles. The maximum Gasteiger partial charge on any atom is 0.317 e. The van der Waals surface area contributed by atoms with Crippen LogP contribution in [0.4, 0.5) is 0 Å². The van der Waals surface area contributed by atoms with Gasteiger partial charge in [-0.25, -0.2) is 0 Å². The van der Waals surface area contributed by atoms with Crippen LogP contribution in [-0.4, -0.2) is 22.2 Å². The number of hydrogen-bond donors (Lipinski definition) is 2. The van der Waals surface area contributed by atoms with E-state index in [1.165, 1.54) is 5.56 Å². The lowest BCUT2D eigenvalue weighted by Gasteiger charge is -2.29. The zero-order valence-corrected chi connectivity index (χ0v) is 11.4. The largest absolute Gasteiger partial charge is 0.481 e. The van der Waals surface area contributed by atoms with E-state index in [-0.39, 0.29) is 12.3 Å². The molecule has 1 aromatic carbocycles. The Labute approximate surface area is 118 Å². The summed E-state index contributed by atoms with van der Waals surface area (Å²) in [5.41, 5.74) is 1.33. The number of aliphatic carboxylic acids is 2. The maximum absolute atomic E-state index is 10.9. The van der Waals surface area contributed by atoms with Gasteiger partial charge in [0.2, 0.25) is 0 Å². The van der Waals surface area contributed by atoms with Gasteiger partial charge in [-0.15, -0.1) is 0 Å². The molecule has 4 nitrogen and oxygen atoms in total. The molecule has 0 amide bonds. The smallest absolute Gasteiger partial charge is 0.317 e. The number of rotatable bonds is 5. The van der Waals surface area contributed by atoms with Gasteiger partial charge in [-0.3, -0.25) is 9.59 Å². The van der Waals surface area contributed by atoms with Crippen molar-refractivity contribution in [2.45, 2.75) is 38.0 Å². The molecule has 1 aliphatic rings. The van der Waals surface area contributed by atoms with E-state index >= 15 is 0 Å². The average Bonchev–Trinajstić information content (AvgIpc) is 2.45. The highest BCUT2D eigenvalue weighted by Gasteiger charge is 2.31. The lowest BCUT2D eigenvalue weighted by atomic mass is 9.76. The summed E-state index contributed by atoms with van der Waals surface area (Å²) in [4.78, 5) is 21.8. The monoisotopic (exact) mass is 276 g/mol. The van der Waals surface area contributed by atoms with Crippen molar-refractivity contribution in [1.82, 2.24) is 0 Å². The van der Waals surface area contributed by atoms with Gasteiger partial charge in [0.05, 0.1) is 0 Å². The van der Waals surface area contributed by atoms with Crippen LogP contribution in [0, 0.1) is 11.8 Å². The van der Waals surface area contributed by atoms with Gasteiger partial charge in [0, 0.05) is 0 Å². The molecule has 1 aromatic rings. The van der Waals surface area contributed by atoms with E-state index in [1.54, 1.807) is 0 Å². The van der Waals surface area contributed by atoms with Crippen molar-refractivity contribution in [3.63, 3.8) is 0 Å². The number of benzene rings is 1. The van der Waals surface area contributed by atoms with Gasteiger partial charge in [-0.1, -0.05) is 30.3 Å². The maximum atomic E-state index is 10.9. The minimum atomic E-state index is -1.26. The molecular formula is C16H20O4. The number of hydrogen-bond acceptors (Lipinski definition) is 2. The van der Waals surface area contributed by atoms with Gasteiger partial charge in [0.15, 0.2) is 5.92 Å². The van der Waals surface area contributed by atoms with Crippen LogP contribution in [-0.2, 0) is 9.59 Å². The summed E-state index contributed by atoms with van der Waals surface area (Å²) in [6.45, 7) is 0. The molecule has 0 atom stereocenters. The van der Waals surface area contributed by atoms with Gasteiger partial charge in [-0.05, 0) is 49.5 Å². The summed E-state index contributed by atoms with van der Waals surface area (Å²) in [7, 11) is 0. The fourth-order valence-electron chi connectivity index (χ4n) is 3.10. The lowest BCUT2D eigenvalue weighted by Crippen LogP contribution is -2.27. The molecule has 0 aliphatic heterocycles. The van der Waals surface area contributed by atoms with Crippen molar-refractivity contribution >= 4 is 11.9 Å². The van der Waals surface area contributed by atoms with E-state index < -0.39 is 17.9 Å². The number of carbonyl (C=O) groups is 2. The zero-order valence-electron chi connectivity index (χ0n) is 11.4. The van der Waals surface area contributed by atoms with Crippen LogP contribution in [0.1, 0.15) is 43.6 Å². The van der Waals surface area contributed by atoms with Gasteiger partial charge in [0.1, 0.15) is 0 Å². The van der Waals surface area contributed by atoms with Crippen molar-refractivity contribution in [2.75, 3.05) is 0 Å². The van der Waals surface area contributed by atoms with Gasteiger partial charge in [-0.2, -0.15) is 0 Å². The molecule has 0 spiro atoms. The first kappa shape index (κ1) is 14.6. The van der Waals surface area contributed by atoms with Gasteiger partial charge in [0.25, 0.3) is 0 Å². The Morgan fingerprint density at radius 3 is 2.05 bits per heavy atom. The van der Waals surface area contributed by atoms with Crippen LogP contribution >= 0.6 is 0 Å². The molecule has 2 rings (SSSR count). The first-order valence-corrected chi connectivity index (χ1v) is 7.08. The molecular weight excluding hydrogens is 256 g/mol. The summed E-state index contributed by atoms with van der Waals surface area (Å²) >= 11 is 0. The Bertz CT molecular complexity index is 447. The van der Waals surface area contributed by atoms with Crippen molar-refractivity contribution in [3.8, 4) is 0 Å². The third kappa shape index (κ3) is 3.59. The predicted molar refractivity (Wildman–Crippen MR) is 74.5 cm³/mol. The minimum Gasteiger partial charge on any atom is -0.481 e. The third-order valence-electron chi connectivity index (χ3n) is 4.28. The summed E-state index contributed by atoms with van der Waals surface area (Å²) < 4.78 is 0. The molecule has 1 saturated carbocycles. The zero-order chi connectivity index (χ0) is 14.5. The van der Waals surface area contributed by atoms with Crippen LogP contribution < -0.4 is 0 Å². The van der Waals surface area contributed by atoms with E-state index in [0.29, 0.717) is 5.92 Å². The van der Waals surface area contributed by atoms with E-state index in [1.807, 2.05) is 18.2 Å². The lowest BCUT2D eigenvalue weighted by molar-refractivity contribution is -0.155. The normalized spacial score (nSPS) is 22.6. The standard InChI is InChI=1S/C16H20O4/c17-15(18)14(16(19)20)10-11-6-8-13(9-7-11)12-4-2-1-3-5-12/h1-5,11,13-14H,6-10H2,(H,17,18)(H,19,20). The van der Waals surface area contributed by atoms with Crippen LogP contribution in [0.2, 0.25) is 0 Å². The number of carboxylic acid groups (broad SMARTS) is 2. The van der Waals surface area contributed by atoms with Crippen molar-refractivity contribution in [3.05, 3.63) is 35.9 Å². The molecule has 20 heavy (non-hydrogen) atoms. The average molecular weight is 276 g/mol. The molecule has 4 heteroatoms. The van der Waals surface area contributed by atoms with E-state index in [4.69, 9.17) is 10.2 Å². The second-order valence-electron chi connectivity index (χ2n) is 5.59. The van der Waals surface area contributed by atoms with Crippen molar-refractivity contribution < 1.29 is 19.8 Å². The SMILES string of the molecule is O=C(O)C(CC1CCC(c2ccccc2)CC1)C(=O)O. The molecule has 0 bridgehead atoms. The summed E-state index contributed by atoms with van der Waals surface area (Å²) in [6.07, 6.45) is 4.11. The Morgan fingerprint density at radius 2 is 1.55 bits per heavy atom. The first-order valence-electron chi connectivity index (χ1n) is 7.08. The summed E-state index contributed by atoms with van der Waals surface area (Å²) in [6, 6.07) is 10.3. The molecule has 0 saturated heterocycles. The fourth-order valence-corrected chi connectivity index (χ4v) is 3.10. The minimum absolute atomic E-state index is 0.215. The van der Waals surface area contributed by atoms with E-state index in [2.05, 4.69) is 12.1 Å². The second kappa shape index (κ2) is 6.55. The number of carboxylic acids is 2. The highest BCUT2D eigenvalue weighted by Crippen LogP contribution is 2.38. The molecule has 0 radical (unpaired) electrons. The highest BCUT2D eigenvalue weighted by molar-refractivity contribution is 5.92. The van der Waals surface area contributed by atoms with Crippen LogP contribution in [0.5, 0.6) is 0 Å². The molecule has 2 N–H and O–H groups in total. The molecule has 0 unspecified atom stereocenters. The van der Waals surface area contributed by atoms with Crippen molar-refractivity contribution in [2.24, 2.45) is 11.8 Å². The Hall–Kier alpha value is -1.84. The third-order valence-corrected chi connectivity index (χ3v) is 4.28. The highest BCUT2D eigenvalue weighted by atomic mass is 16.4. The Kier molecular flexibility index (Phi) is 4.77. The van der Waals surface area contributed by atoms with Crippen LogP contribution in [0.3, 0.4) is 0 Å². The van der Waals surface area contributed by atoms with E-state index in [9.17, 15) is 9.59 Å². The molecule has 1 fully saturated rings. The molecule has 0 aromatic heterocycles. The Morgan fingerprint density at radius 1 is 1.00 bits per heavy atom. The summed E-state index contributed by atoms with van der Waals surface area (Å²) in [5, 5.41) is 17.8. The molecule has 1 aliphatic carbocycles.